The van der Waals surface area contributed by atoms with E-state index in [1.54, 1.807) is 9.69 Å². The number of anilines is 1. The Morgan fingerprint density at radius 1 is 0.929 bits per heavy atom. The highest BCUT2D eigenvalue weighted by molar-refractivity contribution is 5.74. The summed E-state index contributed by atoms with van der Waals surface area (Å²) in [6, 6.07) is 26.7. The minimum absolute atomic E-state index is 0.196. The molecule has 4 rings (SSSR count). The van der Waals surface area contributed by atoms with E-state index in [4.69, 9.17) is 4.74 Å². The Morgan fingerprint density at radius 3 is 2.39 bits per heavy atom. The highest BCUT2D eigenvalue weighted by atomic mass is 16.6. The van der Waals surface area contributed by atoms with E-state index in [-0.39, 0.29) is 13.3 Å². The van der Waals surface area contributed by atoms with E-state index in [1.165, 1.54) is 0 Å². The molecule has 0 aliphatic heterocycles. The van der Waals surface area contributed by atoms with Crippen LogP contribution < -0.4 is 10.4 Å². The zero-order valence-electron chi connectivity index (χ0n) is 15.1. The summed E-state index contributed by atoms with van der Waals surface area (Å²) in [6.07, 6.45) is -0.544. The average Bonchev–Trinajstić information content (AvgIpc) is 3.16. The first-order chi connectivity index (χ1) is 13.8. The molecule has 1 amide bonds. The van der Waals surface area contributed by atoms with Crippen molar-refractivity contribution in [1.29, 1.82) is 0 Å². The van der Waals surface area contributed by atoms with Crippen LogP contribution in [0.2, 0.25) is 0 Å². The van der Waals surface area contributed by atoms with Gasteiger partial charge in [0.2, 0.25) is 0 Å². The number of hydrogen-bond donors (Lipinski definition) is 1. The van der Waals surface area contributed by atoms with Crippen molar-refractivity contribution in [3.05, 3.63) is 90.5 Å². The number of carbonyl (C=O) groups is 1. The van der Waals surface area contributed by atoms with Gasteiger partial charge in [0.15, 0.2) is 0 Å². The van der Waals surface area contributed by atoms with Crippen LogP contribution in [0.4, 0.5) is 10.5 Å². The number of carbonyl (C=O) groups excluding carboxylic acids is 1. The SMILES string of the molecule is O=C(NN(Cn1nnc2ccccc21)c1ccccc1)OCc1ccccc1. The van der Waals surface area contributed by atoms with Gasteiger partial charge in [-0.25, -0.2) is 14.9 Å². The van der Waals surface area contributed by atoms with Gasteiger partial charge in [-0.3, -0.25) is 5.01 Å². The van der Waals surface area contributed by atoms with Crippen molar-refractivity contribution in [2.75, 3.05) is 5.01 Å². The van der Waals surface area contributed by atoms with Gasteiger partial charge in [-0.2, -0.15) is 0 Å². The number of para-hydroxylation sites is 2. The molecule has 0 atom stereocenters. The topological polar surface area (TPSA) is 72.3 Å². The number of amides is 1. The van der Waals surface area contributed by atoms with E-state index in [9.17, 15) is 4.79 Å². The van der Waals surface area contributed by atoms with Crippen LogP contribution in [-0.4, -0.2) is 21.1 Å². The van der Waals surface area contributed by atoms with Crippen molar-refractivity contribution >= 4 is 22.8 Å². The molecule has 3 aromatic carbocycles. The van der Waals surface area contributed by atoms with Crippen molar-refractivity contribution in [2.45, 2.75) is 13.3 Å². The lowest BCUT2D eigenvalue weighted by molar-refractivity contribution is 0.137. The van der Waals surface area contributed by atoms with Crippen LogP contribution in [0, 0.1) is 0 Å². The Labute approximate surface area is 162 Å². The number of benzene rings is 3. The van der Waals surface area contributed by atoms with E-state index in [0.29, 0.717) is 0 Å². The van der Waals surface area contributed by atoms with Crippen molar-refractivity contribution in [3.8, 4) is 0 Å². The third kappa shape index (κ3) is 4.09. The van der Waals surface area contributed by atoms with Crippen molar-refractivity contribution < 1.29 is 9.53 Å². The largest absolute Gasteiger partial charge is 0.443 e. The van der Waals surface area contributed by atoms with E-state index < -0.39 is 6.09 Å². The smallest absolute Gasteiger partial charge is 0.426 e. The van der Waals surface area contributed by atoms with E-state index in [2.05, 4.69) is 15.7 Å². The minimum Gasteiger partial charge on any atom is -0.443 e. The van der Waals surface area contributed by atoms with Gasteiger partial charge in [0.1, 0.15) is 18.8 Å². The van der Waals surface area contributed by atoms with Crippen LogP contribution in [0.3, 0.4) is 0 Å². The van der Waals surface area contributed by atoms with Crippen LogP contribution in [0.25, 0.3) is 11.0 Å². The van der Waals surface area contributed by atoms with Crippen molar-refractivity contribution in [1.82, 2.24) is 20.4 Å². The van der Waals surface area contributed by atoms with Gasteiger partial charge in [0.05, 0.1) is 11.2 Å². The van der Waals surface area contributed by atoms with Crippen molar-refractivity contribution in [2.24, 2.45) is 0 Å². The van der Waals surface area contributed by atoms with Gasteiger partial charge in [0.25, 0.3) is 0 Å². The van der Waals surface area contributed by atoms with Crippen LogP contribution in [0.5, 0.6) is 0 Å². The summed E-state index contributed by atoms with van der Waals surface area (Å²) < 4.78 is 7.07. The number of fused-ring (bicyclic) bond motifs is 1. The number of nitrogens with one attached hydrogen (secondary N) is 1. The number of hydrogen-bond acceptors (Lipinski definition) is 5. The molecule has 0 bridgehead atoms. The molecular formula is C21H19N5O2. The molecule has 0 aliphatic carbocycles. The number of hydrazine groups is 1. The Kier molecular flexibility index (Phi) is 5.15. The molecule has 0 saturated heterocycles. The van der Waals surface area contributed by atoms with Crippen molar-refractivity contribution in [3.63, 3.8) is 0 Å². The lowest BCUT2D eigenvalue weighted by Gasteiger charge is -2.24. The summed E-state index contributed by atoms with van der Waals surface area (Å²) in [4.78, 5) is 12.4. The maximum absolute atomic E-state index is 12.4. The van der Waals surface area contributed by atoms with Crippen LogP contribution >= 0.6 is 0 Å². The predicted octanol–water partition coefficient (Wildman–Crippen LogP) is 3.74. The lowest BCUT2D eigenvalue weighted by Crippen LogP contribution is -2.43. The molecule has 0 aliphatic rings. The maximum Gasteiger partial charge on any atom is 0.426 e. The molecule has 0 unspecified atom stereocenters. The van der Waals surface area contributed by atoms with Gasteiger partial charge in [-0.05, 0) is 29.8 Å². The fraction of sp³-hybridized carbons (Fsp3) is 0.0952. The fourth-order valence-electron chi connectivity index (χ4n) is 2.81. The minimum atomic E-state index is -0.544. The first kappa shape index (κ1) is 17.5. The third-order valence-corrected chi connectivity index (χ3v) is 4.20. The lowest BCUT2D eigenvalue weighted by atomic mass is 10.2. The summed E-state index contributed by atoms with van der Waals surface area (Å²) in [6.45, 7) is 0.479. The molecule has 140 valence electrons. The average molecular weight is 373 g/mol. The zero-order chi connectivity index (χ0) is 19.2. The highest BCUT2D eigenvalue weighted by Gasteiger charge is 2.14. The molecule has 0 spiro atoms. The monoisotopic (exact) mass is 373 g/mol. The molecule has 7 heteroatoms. The predicted molar refractivity (Wildman–Crippen MR) is 106 cm³/mol. The molecule has 1 aromatic heterocycles. The summed E-state index contributed by atoms with van der Waals surface area (Å²) in [5.41, 5.74) is 6.19. The number of nitrogens with zero attached hydrogens (tertiary/aromatic N) is 4. The highest BCUT2D eigenvalue weighted by Crippen LogP contribution is 2.15. The summed E-state index contributed by atoms with van der Waals surface area (Å²) >= 11 is 0. The normalized spacial score (nSPS) is 10.6. The van der Waals surface area contributed by atoms with Crippen LogP contribution in [0.1, 0.15) is 5.56 Å². The van der Waals surface area contributed by atoms with Gasteiger partial charge < -0.3 is 4.74 Å². The third-order valence-electron chi connectivity index (χ3n) is 4.20. The molecule has 4 aromatic rings. The first-order valence-electron chi connectivity index (χ1n) is 8.88. The molecule has 1 heterocycles. The zero-order valence-corrected chi connectivity index (χ0v) is 15.1. The molecule has 0 radical (unpaired) electrons. The van der Waals surface area contributed by atoms with E-state index >= 15 is 0 Å². The van der Waals surface area contributed by atoms with E-state index in [0.717, 1.165) is 22.3 Å². The molecule has 0 saturated carbocycles. The van der Waals surface area contributed by atoms with E-state index in [1.807, 2.05) is 84.9 Å². The molecular weight excluding hydrogens is 354 g/mol. The van der Waals surface area contributed by atoms with Gasteiger partial charge >= 0.3 is 6.09 Å². The number of aromatic nitrogens is 3. The van der Waals surface area contributed by atoms with Gasteiger partial charge in [-0.1, -0.05) is 65.9 Å². The van der Waals surface area contributed by atoms with Crippen LogP contribution in [0.15, 0.2) is 84.9 Å². The fourth-order valence-corrected chi connectivity index (χ4v) is 2.81. The first-order valence-corrected chi connectivity index (χ1v) is 8.88. The Bertz CT molecular complexity index is 1050. The number of ether oxygens (including phenoxy) is 1. The molecule has 0 fully saturated rings. The second kappa shape index (κ2) is 8.22. The summed E-state index contributed by atoms with van der Waals surface area (Å²) in [5.74, 6) is 0. The molecule has 1 N–H and O–H groups in total. The number of rotatable bonds is 6. The second-order valence-electron chi connectivity index (χ2n) is 6.16. The summed E-state index contributed by atoms with van der Waals surface area (Å²) in [7, 11) is 0. The summed E-state index contributed by atoms with van der Waals surface area (Å²) in [5, 5.41) is 10.0. The standard InChI is InChI=1S/C21H19N5O2/c27-21(28-15-17-9-3-1-4-10-17)23-25(18-11-5-2-6-12-18)16-26-20-14-8-7-13-19(20)22-24-26/h1-14H,15-16H2,(H,23,27). The molecule has 28 heavy (non-hydrogen) atoms. The Hall–Kier alpha value is -3.87. The Balaban J connectivity index is 1.50. The Morgan fingerprint density at radius 2 is 1.61 bits per heavy atom. The van der Waals surface area contributed by atoms with Gasteiger partial charge in [0, 0.05) is 0 Å². The maximum atomic E-state index is 12.4. The molecule has 7 nitrogen and oxygen atoms in total. The second-order valence-corrected chi connectivity index (χ2v) is 6.16. The quantitative estimate of drug-likeness (QED) is 0.521. The van der Waals surface area contributed by atoms with Crippen LogP contribution in [-0.2, 0) is 18.0 Å². The van der Waals surface area contributed by atoms with Gasteiger partial charge in [-0.15, -0.1) is 5.10 Å².